The molecule has 1 saturated heterocycles. The van der Waals surface area contributed by atoms with Gasteiger partial charge in [-0.15, -0.1) is 0 Å². The van der Waals surface area contributed by atoms with Gasteiger partial charge in [0.25, 0.3) is 10.2 Å². The lowest BCUT2D eigenvalue weighted by Gasteiger charge is -2.18. The summed E-state index contributed by atoms with van der Waals surface area (Å²) in [6, 6.07) is 11.8. The molecule has 138 valence electrons. The molecule has 1 aliphatic rings. The van der Waals surface area contributed by atoms with Crippen molar-refractivity contribution in [1.29, 1.82) is 0 Å². The van der Waals surface area contributed by atoms with Gasteiger partial charge in [-0.3, -0.25) is 4.79 Å². The summed E-state index contributed by atoms with van der Waals surface area (Å²) < 4.78 is 54.1. The first kappa shape index (κ1) is 18.4. The molecule has 3 rings (SSSR count). The second kappa shape index (κ2) is 7.48. The van der Waals surface area contributed by atoms with Crippen LogP contribution < -0.4 is 5.32 Å². The first-order chi connectivity index (χ1) is 12.4. The molecule has 1 heterocycles. The van der Waals surface area contributed by atoms with E-state index in [1.165, 1.54) is 4.31 Å². The number of nitrogens with zero attached hydrogens (tertiary/aromatic N) is 2. The Bertz CT molecular complexity index is 907. The van der Waals surface area contributed by atoms with Crippen LogP contribution in [0.2, 0.25) is 0 Å². The van der Waals surface area contributed by atoms with E-state index in [1.54, 1.807) is 0 Å². The molecular formula is C17H17F2N3O3S. The topological polar surface area (TPSA) is 69.7 Å². The second-order valence-electron chi connectivity index (χ2n) is 5.83. The van der Waals surface area contributed by atoms with E-state index in [-0.39, 0.29) is 25.3 Å². The Morgan fingerprint density at radius 3 is 2.46 bits per heavy atom. The molecule has 0 aliphatic carbocycles. The fourth-order valence-corrected chi connectivity index (χ4v) is 4.21. The van der Waals surface area contributed by atoms with Crippen molar-refractivity contribution < 1.29 is 22.0 Å². The molecule has 1 aliphatic heterocycles. The molecule has 0 radical (unpaired) electrons. The number of halogens is 2. The molecule has 0 unspecified atom stereocenters. The van der Waals surface area contributed by atoms with Gasteiger partial charge >= 0.3 is 0 Å². The summed E-state index contributed by atoms with van der Waals surface area (Å²) >= 11 is 0. The van der Waals surface area contributed by atoms with E-state index in [9.17, 15) is 22.0 Å². The van der Waals surface area contributed by atoms with E-state index in [0.29, 0.717) is 0 Å². The van der Waals surface area contributed by atoms with Gasteiger partial charge in [0.15, 0.2) is 0 Å². The fraction of sp³-hybridized carbons (Fsp3) is 0.235. The summed E-state index contributed by atoms with van der Waals surface area (Å²) in [4.78, 5) is 12.1. The Morgan fingerprint density at radius 1 is 1.04 bits per heavy atom. The molecule has 6 nitrogen and oxygen atoms in total. The van der Waals surface area contributed by atoms with Gasteiger partial charge in [0.1, 0.15) is 11.6 Å². The van der Waals surface area contributed by atoms with Crippen molar-refractivity contribution in [2.24, 2.45) is 0 Å². The van der Waals surface area contributed by atoms with E-state index in [2.05, 4.69) is 5.32 Å². The molecule has 0 aromatic heterocycles. The van der Waals surface area contributed by atoms with Crippen molar-refractivity contribution in [3.05, 3.63) is 65.7 Å². The predicted molar refractivity (Wildman–Crippen MR) is 92.3 cm³/mol. The van der Waals surface area contributed by atoms with Gasteiger partial charge in [-0.2, -0.15) is 17.0 Å². The molecule has 0 atom stereocenters. The van der Waals surface area contributed by atoms with Crippen molar-refractivity contribution in [3.63, 3.8) is 0 Å². The van der Waals surface area contributed by atoms with Crippen LogP contribution in [0.25, 0.3) is 0 Å². The maximum Gasteiger partial charge on any atom is 0.282 e. The highest BCUT2D eigenvalue weighted by atomic mass is 32.2. The average molecular weight is 381 g/mol. The Hall–Kier alpha value is -2.36. The molecule has 26 heavy (non-hydrogen) atoms. The van der Waals surface area contributed by atoms with Crippen molar-refractivity contribution in [2.75, 3.05) is 25.0 Å². The molecule has 1 fully saturated rings. The fourth-order valence-electron chi connectivity index (χ4n) is 2.67. The SMILES string of the molecule is O=C(CN1CCN(Cc2ccccc2)S1(=O)=O)Nc1cc(F)ccc1F. The summed E-state index contributed by atoms with van der Waals surface area (Å²) in [5.74, 6) is -2.24. The standard InChI is InChI=1S/C17H17F2N3O3S/c18-14-6-7-15(19)16(10-14)20-17(23)12-22-9-8-21(26(22,24)25)11-13-4-2-1-3-5-13/h1-7,10H,8-9,11-12H2,(H,20,23). The number of nitrogens with one attached hydrogen (secondary N) is 1. The average Bonchev–Trinajstić information content (AvgIpc) is 2.86. The summed E-state index contributed by atoms with van der Waals surface area (Å²) in [7, 11) is -3.79. The molecule has 0 bridgehead atoms. The zero-order chi connectivity index (χ0) is 18.7. The largest absolute Gasteiger partial charge is 0.322 e. The summed E-state index contributed by atoms with van der Waals surface area (Å²) in [5, 5.41) is 2.20. The van der Waals surface area contributed by atoms with Crippen LogP contribution in [0.3, 0.4) is 0 Å². The number of rotatable bonds is 5. The second-order valence-corrected chi connectivity index (χ2v) is 7.76. The van der Waals surface area contributed by atoms with E-state index < -0.39 is 34.3 Å². The van der Waals surface area contributed by atoms with Gasteiger partial charge in [-0.25, -0.2) is 8.78 Å². The summed E-state index contributed by atoms with van der Waals surface area (Å²) in [6.07, 6.45) is 0. The third kappa shape index (κ3) is 4.06. The van der Waals surface area contributed by atoms with Crippen molar-refractivity contribution in [1.82, 2.24) is 8.61 Å². The lowest BCUT2D eigenvalue weighted by atomic mass is 10.2. The monoisotopic (exact) mass is 381 g/mol. The number of carbonyl (C=O) groups is 1. The van der Waals surface area contributed by atoms with Crippen LogP contribution in [0, 0.1) is 11.6 Å². The normalized spacial score (nSPS) is 17.3. The number of hydrogen-bond donors (Lipinski definition) is 1. The van der Waals surface area contributed by atoms with E-state index in [0.717, 1.165) is 28.1 Å². The van der Waals surface area contributed by atoms with Crippen molar-refractivity contribution >= 4 is 21.8 Å². The van der Waals surface area contributed by atoms with Gasteiger partial charge in [-0.05, 0) is 17.7 Å². The Morgan fingerprint density at radius 2 is 1.73 bits per heavy atom. The molecule has 9 heteroatoms. The molecule has 2 aromatic carbocycles. The van der Waals surface area contributed by atoms with Crippen molar-refractivity contribution in [2.45, 2.75) is 6.54 Å². The highest BCUT2D eigenvalue weighted by molar-refractivity contribution is 7.87. The van der Waals surface area contributed by atoms with Gasteiger partial charge in [-0.1, -0.05) is 30.3 Å². The zero-order valence-electron chi connectivity index (χ0n) is 13.7. The maximum atomic E-state index is 13.6. The molecule has 1 N–H and O–H groups in total. The zero-order valence-corrected chi connectivity index (χ0v) is 14.5. The first-order valence-corrected chi connectivity index (χ1v) is 9.30. The predicted octanol–water partition coefficient (Wildman–Crippen LogP) is 1.97. The van der Waals surface area contributed by atoms with Crippen LogP contribution in [0.15, 0.2) is 48.5 Å². The minimum absolute atomic E-state index is 0.147. The Labute approximate surface area is 150 Å². The number of amides is 1. The van der Waals surface area contributed by atoms with Crippen LogP contribution in [-0.2, 0) is 21.5 Å². The molecule has 1 amide bonds. The first-order valence-electron chi connectivity index (χ1n) is 7.90. The molecule has 2 aromatic rings. The quantitative estimate of drug-likeness (QED) is 0.861. The number of benzene rings is 2. The third-order valence-electron chi connectivity index (χ3n) is 3.98. The summed E-state index contributed by atoms with van der Waals surface area (Å²) in [6.45, 7) is 0.135. The lowest BCUT2D eigenvalue weighted by Crippen LogP contribution is -2.38. The highest BCUT2D eigenvalue weighted by Gasteiger charge is 2.37. The highest BCUT2D eigenvalue weighted by Crippen LogP contribution is 2.20. The van der Waals surface area contributed by atoms with Gasteiger partial charge < -0.3 is 5.32 Å². The molecule has 0 saturated carbocycles. The number of hydrogen-bond acceptors (Lipinski definition) is 3. The maximum absolute atomic E-state index is 13.6. The van der Waals surface area contributed by atoms with E-state index in [1.807, 2.05) is 30.3 Å². The Balaban J connectivity index is 1.65. The van der Waals surface area contributed by atoms with E-state index in [4.69, 9.17) is 0 Å². The molecular weight excluding hydrogens is 364 g/mol. The smallest absolute Gasteiger partial charge is 0.282 e. The van der Waals surface area contributed by atoms with Crippen molar-refractivity contribution in [3.8, 4) is 0 Å². The minimum atomic E-state index is -3.79. The number of anilines is 1. The van der Waals surface area contributed by atoms with Crippen LogP contribution in [0.1, 0.15) is 5.56 Å². The lowest BCUT2D eigenvalue weighted by molar-refractivity contribution is -0.116. The third-order valence-corrected chi connectivity index (χ3v) is 5.90. The van der Waals surface area contributed by atoms with Gasteiger partial charge in [0.05, 0.1) is 12.2 Å². The number of carbonyl (C=O) groups excluding carboxylic acids is 1. The Kier molecular flexibility index (Phi) is 5.30. The molecule has 0 spiro atoms. The van der Waals surface area contributed by atoms with E-state index >= 15 is 0 Å². The van der Waals surface area contributed by atoms with Crippen LogP contribution in [0.4, 0.5) is 14.5 Å². The van der Waals surface area contributed by atoms with Crippen LogP contribution in [-0.4, -0.2) is 42.6 Å². The summed E-state index contributed by atoms with van der Waals surface area (Å²) in [5.41, 5.74) is 0.511. The minimum Gasteiger partial charge on any atom is -0.322 e. The van der Waals surface area contributed by atoms with Gasteiger partial charge in [0, 0.05) is 25.7 Å². The van der Waals surface area contributed by atoms with Crippen LogP contribution >= 0.6 is 0 Å². The van der Waals surface area contributed by atoms with Crippen LogP contribution in [0.5, 0.6) is 0 Å². The van der Waals surface area contributed by atoms with Gasteiger partial charge in [0.2, 0.25) is 5.91 Å².